The van der Waals surface area contributed by atoms with E-state index < -0.39 is 9.84 Å². The molecule has 1 fully saturated rings. The van der Waals surface area contributed by atoms with E-state index >= 15 is 0 Å². The number of amides is 1. The van der Waals surface area contributed by atoms with Crippen LogP contribution in [0.15, 0.2) is 18.2 Å². The number of hydrogen-bond donors (Lipinski definition) is 0. The molecule has 122 valence electrons. The van der Waals surface area contributed by atoms with Crippen LogP contribution in [0, 0.1) is 0 Å². The Kier molecular flexibility index (Phi) is 5.75. The zero-order valence-electron chi connectivity index (χ0n) is 12.4. The molecule has 22 heavy (non-hydrogen) atoms. The second-order valence-corrected chi connectivity index (χ2v) is 8.81. The minimum Gasteiger partial charge on any atom is -0.343 e. The molecule has 0 aromatic heterocycles. The van der Waals surface area contributed by atoms with Crippen molar-refractivity contribution in [3.8, 4) is 0 Å². The number of carbonyl (C=O) groups excluding carboxylic acids is 1. The van der Waals surface area contributed by atoms with Gasteiger partial charge < -0.3 is 4.90 Å². The van der Waals surface area contributed by atoms with Crippen LogP contribution in [-0.2, 0) is 21.1 Å². The van der Waals surface area contributed by atoms with Crippen molar-refractivity contribution in [1.29, 1.82) is 0 Å². The van der Waals surface area contributed by atoms with Crippen LogP contribution in [0.3, 0.4) is 0 Å². The van der Waals surface area contributed by atoms with Crippen LogP contribution >= 0.6 is 23.2 Å². The topological polar surface area (TPSA) is 54.5 Å². The number of halogens is 2. The Hall–Kier alpha value is -0.780. The predicted molar refractivity (Wildman–Crippen MR) is 89.2 cm³/mol. The van der Waals surface area contributed by atoms with Crippen molar-refractivity contribution < 1.29 is 13.2 Å². The van der Waals surface area contributed by atoms with Crippen molar-refractivity contribution >= 4 is 38.9 Å². The van der Waals surface area contributed by atoms with Crippen LogP contribution in [0.4, 0.5) is 0 Å². The van der Waals surface area contributed by atoms with Crippen molar-refractivity contribution in [2.24, 2.45) is 0 Å². The van der Waals surface area contributed by atoms with Gasteiger partial charge in [-0.25, -0.2) is 8.42 Å². The molecular formula is C15H19Cl2NO3S. The smallest absolute Gasteiger partial charge is 0.222 e. The molecule has 1 saturated heterocycles. The molecule has 0 bridgehead atoms. The molecule has 0 N–H and O–H groups in total. The molecule has 1 amide bonds. The monoisotopic (exact) mass is 363 g/mol. The summed E-state index contributed by atoms with van der Waals surface area (Å²) >= 11 is 11.9. The molecule has 0 radical (unpaired) electrons. The first kappa shape index (κ1) is 17.6. The molecular weight excluding hydrogens is 345 g/mol. The number of likely N-dealkylation sites (tertiary alicyclic amines) is 1. The zero-order valence-corrected chi connectivity index (χ0v) is 14.7. The van der Waals surface area contributed by atoms with Gasteiger partial charge in [-0.05, 0) is 37.0 Å². The van der Waals surface area contributed by atoms with Crippen molar-refractivity contribution in [2.75, 3.05) is 19.3 Å². The summed E-state index contributed by atoms with van der Waals surface area (Å²) in [4.78, 5) is 14.0. The van der Waals surface area contributed by atoms with E-state index in [2.05, 4.69) is 0 Å². The summed E-state index contributed by atoms with van der Waals surface area (Å²) in [5.74, 6) is 0.0398. The lowest BCUT2D eigenvalue weighted by Gasteiger charge is -2.31. The molecule has 1 heterocycles. The Morgan fingerprint density at radius 1 is 1.27 bits per heavy atom. The highest BCUT2D eigenvalue weighted by atomic mass is 35.5. The molecule has 0 saturated carbocycles. The first-order chi connectivity index (χ1) is 10.3. The number of nitrogens with zero attached hydrogens (tertiary/aromatic N) is 1. The van der Waals surface area contributed by atoms with E-state index in [1.807, 2.05) is 6.07 Å². The van der Waals surface area contributed by atoms with Gasteiger partial charge >= 0.3 is 0 Å². The van der Waals surface area contributed by atoms with Gasteiger partial charge in [0.15, 0.2) is 0 Å². The van der Waals surface area contributed by atoms with E-state index in [0.29, 0.717) is 48.8 Å². The number of rotatable bonds is 4. The molecule has 1 aromatic carbocycles. The van der Waals surface area contributed by atoms with Gasteiger partial charge in [-0.15, -0.1) is 0 Å². The molecule has 1 aromatic rings. The Balaban J connectivity index is 1.86. The molecule has 0 unspecified atom stereocenters. The maximum absolute atomic E-state index is 12.2. The van der Waals surface area contributed by atoms with Crippen LogP contribution < -0.4 is 0 Å². The molecule has 7 heteroatoms. The molecule has 0 aliphatic carbocycles. The average Bonchev–Trinajstić information content (AvgIpc) is 2.45. The fourth-order valence-corrected chi connectivity index (χ4v) is 4.23. The van der Waals surface area contributed by atoms with Gasteiger partial charge in [0.25, 0.3) is 0 Å². The van der Waals surface area contributed by atoms with Gasteiger partial charge in [-0.2, -0.15) is 0 Å². The quantitative estimate of drug-likeness (QED) is 0.826. The van der Waals surface area contributed by atoms with Crippen molar-refractivity contribution in [3.63, 3.8) is 0 Å². The number of sulfone groups is 1. The summed E-state index contributed by atoms with van der Waals surface area (Å²) < 4.78 is 23.0. The van der Waals surface area contributed by atoms with E-state index in [1.165, 1.54) is 6.26 Å². The van der Waals surface area contributed by atoms with Crippen LogP contribution in [0.2, 0.25) is 10.0 Å². The van der Waals surface area contributed by atoms with Crippen molar-refractivity contribution in [1.82, 2.24) is 4.90 Å². The van der Waals surface area contributed by atoms with Crippen molar-refractivity contribution in [3.05, 3.63) is 33.8 Å². The van der Waals surface area contributed by atoms with Gasteiger partial charge in [-0.1, -0.05) is 29.3 Å². The first-order valence-corrected chi connectivity index (χ1v) is 9.89. The Labute approximate surface area is 141 Å². The van der Waals surface area contributed by atoms with Gasteiger partial charge in [0.1, 0.15) is 9.84 Å². The fraction of sp³-hybridized carbons (Fsp3) is 0.533. The standard InChI is InChI=1S/C15H19Cl2NO3S/c1-22(20,21)13-6-8-18(9-7-13)15(19)5-3-11-2-4-12(16)10-14(11)17/h2,4,10,13H,3,5-9H2,1H3. The maximum Gasteiger partial charge on any atom is 0.222 e. The van der Waals surface area contributed by atoms with E-state index in [-0.39, 0.29) is 11.2 Å². The van der Waals surface area contributed by atoms with E-state index in [1.54, 1.807) is 17.0 Å². The van der Waals surface area contributed by atoms with Gasteiger partial charge in [-0.3, -0.25) is 4.79 Å². The van der Waals surface area contributed by atoms with Crippen LogP contribution in [-0.4, -0.2) is 43.8 Å². The number of aryl methyl sites for hydroxylation is 1. The molecule has 4 nitrogen and oxygen atoms in total. The van der Waals surface area contributed by atoms with Gasteiger partial charge in [0.05, 0.1) is 5.25 Å². The summed E-state index contributed by atoms with van der Waals surface area (Å²) in [5.41, 5.74) is 0.894. The third-order valence-electron chi connectivity index (χ3n) is 4.02. The molecule has 0 spiro atoms. The highest BCUT2D eigenvalue weighted by Gasteiger charge is 2.28. The number of carbonyl (C=O) groups is 1. The second-order valence-electron chi connectivity index (χ2n) is 5.65. The summed E-state index contributed by atoms with van der Waals surface area (Å²) in [7, 11) is -3.01. The van der Waals surface area contributed by atoms with Crippen LogP contribution in [0.5, 0.6) is 0 Å². The lowest BCUT2D eigenvalue weighted by molar-refractivity contribution is -0.132. The lowest BCUT2D eigenvalue weighted by atomic mass is 10.1. The minimum absolute atomic E-state index is 0.0398. The highest BCUT2D eigenvalue weighted by Crippen LogP contribution is 2.23. The Morgan fingerprint density at radius 2 is 1.91 bits per heavy atom. The normalized spacial score (nSPS) is 16.8. The second kappa shape index (κ2) is 7.20. The Bertz CT molecular complexity index is 653. The maximum atomic E-state index is 12.2. The number of piperidine rings is 1. The van der Waals surface area contributed by atoms with Crippen molar-refractivity contribution in [2.45, 2.75) is 30.9 Å². The molecule has 1 aliphatic heterocycles. The van der Waals surface area contributed by atoms with Gasteiger partial charge in [0, 0.05) is 35.8 Å². The van der Waals surface area contributed by atoms with E-state index in [4.69, 9.17) is 23.2 Å². The SMILES string of the molecule is CS(=O)(=O)C1CCN(C(=O)CCc2ccc(Cl)cc2Cl)CC1. The summed E-state index contributed by atoms with van der Waals surface area (Å²) in [6, 6.07) is 5.25. The highest BCUT2D eigenvalue weighted by molar-refractivity contribution is 7.91. The first-order valence-electron chi connectivity index (χ1n) is 7.18. The Morgan fingerprint density at radius 3 is 2.45 bits per heavy atom. The lowest BCUT2D eigenvalue weighted by Crippen LogP contribution is -2.42. The van der Waals surface area contributed by atoms with E-state index in [0.717, 1.165) is 5.56 Å². The van der Waals surface area contributed by atoms with Crippen LogP contribution in [0.25, 0.3) is 0 Å². The third kappa shape index (κ3) is 4.61. The number of benzene rings is 1. The summed E-state index contributed by atoms with van der Waals surface area (Å²) in [5, 5.41) is 0.821. The predicted octanol–water partition coefficient (Wildman–Crippen LogP) is 2.96. The molecule has 1 aliphatic rings. The average molecular weight is 364 g/mol. The summed E-state index contributed by atoms with van der Waals surface area (Å²) in [6.07, 6.45) is 3.22. The number of hydrogen-bond acceptors (Lipinski definition) is 3. The molecule has 0 atom stereocenters. The zero-order chi connectivity index (χ0) is 16.3. The molecule has 2 rings (SSSR count). The van der Waals surface area contributed by atoms with Gasteiger partial charge in [0.2, 0.25) is 5.91 Å². The van der Waals surface area contributed by atoms with E-state index in [9.17, 15) is 13.2 Å². The summed E-state index contributed by atoms with van der Waals surface area (Å²) in [6.45, 7) is 1.01. The largest absolute Gasteiger partial charge is 0.343 e. The third-order valence-corrected chi connectivity index (χ3v) is 6.29. The van der Waals surface area contributed by atoms with Crippen LogP contribution in [0.1, 0.15) is 24.8 Å². The minimum atomic E-state index is -3.01. The fourth-order valence-electron chi connectivity index (χ4n) is 2.66.